The minimum absolute atomic E-state index is 0.181. The lowest BCUT2D eigenvalue weighted by atomic mass is 10.1. The fourth-order valence-corrected chi connectivity index (χ4v) is 3.21. The van der Waals surface area contributed by atoms with E-state index in [0.29, 0.717) is 0 Å². The van der Waals surface area contributed by atoms with Crippen LogP contribution >= 0.6 is 35.0 Å². The van der Waals surface area contributed by atoms with Crippen LogP contribution in [0.3, 0.4) is 0 Å². The Bertz CT molecular complexity index is 569. The van der Waals surface area contributed by atoms with Crippen molar-refractivity contribution < 1.29 is 0 Å². The molecule has 0 radical (unpaired) electrons. The first kappa shape index (κ1) is 15.7. The van der Waals surface area contributed by atoms with Crippen LogP contribution < -0.4 is 5.73 Å². The van der Waals surface area contributed by atoms with Crippen molar-refractivity contribution in [3.63, 3.8) is 0 Å². The van der Waals surface area contributed by atoms with Crippen LogP contribution in [-0.4, -0.2) is 6.04 Å². The topological polar surface area (TPSA) is 26.0 Å². The van der Waals surface area contributed by atoms with Crippen molar-refractivity contribution in [1.29, 1.82) is 0 Å². The first-order valence-corrected chi connectivity index (χ1v) is 8.13. The Kier molecular flexibility index (Phi) is 5.79. The second-order valence-electron chi connectivity index (χ2n) is 4.68. The van der Waals surface area contributed by atoms with Crippen LogP contribution in [0.1, 0.15) is 18.9 Å². The summed E-state index contributed by atoms with van der Waals surface area (Å²) in [6.45, 7) is 2.10. The third kappa shape index (κ3) is 4.42. The van der Waals surface area contributed by atoms with Gasteiger partial charge in [-0.2, -0.15) is 0 Å². The fourth-order valence-electron chi connectivity index (χ4n) is 1.85. The molecular weight excluding hydrogens is 309 g/mol. The molecule has 0 saturated carbocycles. The van der Waals surface area contributed by atoms with Crippen molar-refractivity contribution in [2.75, 3.05) is 0 Å². The van der Waals surface area contributed by atoms with Gasteiger partial charge in [0.1, 0.15) is 0 Å². The van der Waals surface area contributed by atoms with E-state index in [-0.39, 0.29) is 6.04 Å². The highest BCUT2D eigenvalue weighted by molar-refractivity contribution is 7.99. The number of hydrogen-bond acceptors (Lipinski definition) is 2. The molecule has 4 heteroatoms. The molecular formula is C16H17Cl2NS. The van der Waals surface area contributed by atoms with E-state index in [0.717, 1.165) is 32.7 Å². The molecule has 0 amide bonds. The molecule has 1 atom stereocenters. The Morgan fingerprint density at radius 2 is 1.70 bits per heavy atom. The minimum atomic E-state index is 0.181. The molecule has 0 fully saturated rings. The monoisotopic (exact) mass is 325 g/mol. The van der Waals surface area contributed by atoms with Crippen LogP contribution in [0.15, 0.2) is 52.3 Å². The van der Waals surface area contributed by atoms with Crippen molar-refractivity contribution in [2.24, 2.45) is 5.73 Å². The molecule has 0 bridgehead atoms. The highest BCUT2D eigenvalue weighted by atomic mass is 35.5. The van der Waals surface area contributed by atoms with Gasteiger partial charge in [-0.3, -0.25) is 0 Å². The third-order valence-corrected chi connectivity index (χ3v) is 4.67. The zero-order chi connectivity index (χ0) is 14.5. The number of halogens is 2. The van der Waals surface area contributed by atoms with Gasteiger partial charge in [-0.25, -0.2) is 0 Å². The predicted octanol–water partition coefficient (Wildman–Crippen LogP) is 5.42. The molecule has 0 aliphatic carbocycles. The Morgan fingerprint density at radius 3 is 2.35 bits per heavy atom. The fraction of sp³-hybridized carbons (Fsp3) is 0.250. The van der Waals surface area contributed by atoms with E-state index in [4.69, 9.17) is 28.9 Å². The first-order valence-electron chi connectivity index (χ1n) is 6.56. The minimum Gasteiger partial charge on any atom is -0.327 e. The summed E-state index contributed by atoms with van der Waals surface area (Å²) in [5, 5.41) is 1.49. The molecule has 2 aromatic rings. The average molecular weight is 326 g/mol. The Morgan fingerprint density at radius 1 is 1.05 bits per heavy atom. The third-order valence-electron chi connectivity index (χ3n) is 3.08. The molecule has 2 N–H and O–H groups in total. The van der Waals surface area contributed by atoms with E-state index in [1.807, 2.05) is 36.4 Å². The van der Waals surface area contributed by atoms with Gasteiger partial charge in [0.25, 0.3) is 0 Å². The van der Waals surface area contributed by atoms with Gasteiger partial charge >= 0.3 is 0 Å². The number of benzene rings is 2. The van der Waals surface area contributed by atoms with Gasteiger partial charge in [0.2, 0.25) is 0 Å². The van der Waals surface area contributed by atoms with E-state index in [2.05, 4.69) is 13.0 Å². The zero-order valence-corrected chi connectivity index (χ0v) is 13.6. The lowest BCUT2D eigenvalue weighted by Gasteiger charge is -2.13. The molecule has 106 valence electrons. The molecule has 1 unspecified atom stereocenters. The Hall–Kier alpha value is -0.670. The standard InChI is InChI=1S/C16H17Cl2NS/c1-2-14(19)9-11-3-4-13(18)10-16(11)20-15-7-5-12(17)6-8-15/h3-8,10,14H,2,9,19H2,1H3. The molecule has 0 spiro atoms. The van der Waals surface area contributed by atoms with Crippen LogP contribution in [0.2, 0.25) is 10.0 Å². The second-order valence-corrected chi connectivity index (χ2v) is 6.67. The number of nitrogens with two attached hydrogens (primary N) is 1. The predicted molar refractivity (Wildman–Crippen MR) is 89.0 cm³/mol. The van der Waals surface area contributed by atoms with Crippen LogP contribution in [0.25, 0.3) is 0 Å². The molecule has 2 rings (SSSR count). The van der Waals surface area contributed by atoms with Gasteiger partial charge in [0, 0.05) is 25.9 Å². The van der Waals surface area contributed by atoms with Crippen molar-refractivity contribution in [2.45, 2.75) is 35.6 Å². The maximum Gasteiger partial charge on any atom is 0.0417 e. The van der Waals surface area contributed by atoms with Gasteiger partial charge in [0.15, 0.2) is 0 Å². The summed E-state index contributed by atoms with van der Waals surface area (Å²) in [6, 6.07) is 14.0. The van der Waals surface area contributed by atoms with Gasteiger partial charge in [-0.05, 0) is 54.8 Å². The molecule has 1 nitrogen and oxygen atoms in total. The van der Waals surface area contributed by atoms with E-state index < -0.39 is 0 Å². The van der Waals surface area contributed by atoms with Crippen molar-refractivity contribution in [3.8, 4) is 0 Å². The van der Waals surface area contributed by atoms with E-state index in [1.165, 1.54) is 5.56 Å². The molecule has 0 aliphatic rings. The summed E-state index contributed by atoms with van der Waals surface area (Å²) in [5.74, 6) is 0. The van der Waals surface area contributed by atoms with Crippen molar-refractivity contribution in [1.82, 2.24) is 0 Å². The smallest absolute Gasteiger partial charge is 0.0417 e. The number of rotatable bonds is 5. The highest BCUT2D eigenvalue weighted by Gasteiger charge is 2.09. The van der Waals surface area contributed by atoms with Crippen LogP contribution in [0.4, 0.5) is 0 Å². The van der Waals surface area contributed by atoms with Crippen LogP contribution in [0.5, 0.6) is 0 Å². The quantitative estimate of drug-likeness (QED) is 0.793. The summed E-state index contributed by atoms with van der Waals surface area (Å²) in [5.41, 5.74) is 7.31. The van der Waals surface area contributed by atoms with Crippen molar-refractivity contribution in [3.05, 3.63) is 58.1 Å². The van der Waals surface area contributed by atoms with Gasteiger partial charge in [-0.15, -0.1) is 0 Å². The second kappa shape index (κ2) is 7.37. The summed E-state index contributed by atoms with van der Waals surface area (Å²) < 4.78 is 0. The van der Waals surface area contributed by atoms with Gasteiger partial charge < -0.3 is 5.73 Å². The summed E-state index contributed by atoms with van der Waals surface area (Å²) in [7, 11) is 0. The van der Waals surface area contributed by atoms with E-state index in [1.54, 1.807) is 11.8 Å². The first-order chi connectivity index (χ1) is 9.58. The summed E-state index contributed by atoms with van der Waals surface area (Å²) >= 11 is 13.7. The van der Waals surface area contributed by atoms with Crippen molar-refractivity contribution >= 4 is 35.0 Å². The van der Waals surface area contributed by atoms with E-state index >= 15 is 0 Å². The highest BCUT2D eigenvalue weighted by Crippen LogP contribution is 2.33. The normalized spacial score (nSPS) is 12.4. The molecule has 0 aliphatic heterocycles. The average Bonchev–Trinajstić information content (AvgIpc) is 2.44. The van der Waals surface area contributed by atoms with Crippen LogP contribution in [0, 0.1) is 0 Å². The zero-order valence-electron chi connectivity index (χ0n) is 11.3. The molecule has 20 heavy (non-hydrogen) atoms. The SMILES string of the molecule is CCC(N)Cc1ccc(Cl)cc1Sc1ccc(Cl)cc1. The lowest BCUT2D eigenvalue weighted by Crippen LogP contribution is -2.21. The molecule has 0 aromatic heterocycles. The largest absolute Gasteiger partial charge is 0.327 e. The Balaban J connectivity index is 2.24. The van der Waals surface area contributed by atoms with Gasteiger partial charge in [-0.1, -0.05) is 48.0 Å². The Labute approximate surface area is 134 Å². The lowest BCUT2D eigenvalue weighted by molar-refractivity contribution is 0.641. The number of hydrogen-bond donors (Lipinski definition) is 1. The molecule has 2 aromatic carbocycles. The van der Waals surface area contributed by atoms with E-state index in [9.17, 15) is 0 Å². The molecule has 0 saturated heterocycles. The maximum absolute atomic E-state index is 6.11. The van der Waals surface area contributed by atoms with Crippen LogP contribution in [-0.2, 0) is 6.42 Å². The summed E-state index contributed by atoms with van der Waals surface area (Å²) in [4.78, 5) is 2.30. The molecule has 0 heterocycles. The maximum atomic E-state index is 6.11. The summed E-state index contributed by atoms with van der Waals surface area (Å²) in [6.07, 6.45) is 1.83. The van der Waals surface area contributed by atoms with Gasteiger partial charge in [0.05, 0.1) is 0 Å².